The quantitative estimate of drug-likeness (QED) is 0.697. The fourth-order valence-corrected chi connectivity index (χ4v) is 2.36. The van der Waals surface area contributed by atoms with Crippen LogP contribution in [0.2, 0.25) is 0 Å². The lowest BCUT2D eigenvalue weighted by atomic mass is 9.84. The molecule has 0 saturated heterocycles. The van der Waals surface area contributed by atoms with Crippen LogP contribution in [0.15, 0.2) is 30.5 Å². The molecule has 0 unspecified atom stereocenters. The van der Waals surface area contributed by atoms with Gasteiger partial charge in [-0.1, -0.05) is 54.2 Å². The van der Waals surface area contributed by atoms with E-state index in [0.29, 0.717) is 0 Å². The van der Waals surface area contributed by atoms with Gasteiger partial charge in [-0.15, -0.1) is 0 Å². The molecule has 0 spiro atoms. The van der Waals surface area contributed by atoms with E-state index in [1.54, 1.807) is 0 Å². The van der Waals surface area contributed by atoms with Gasteiger partial charge in [0.15, 0.2) is 0 Å². The topological polar surface area (TPSA) is 3.24 Å². The maximum Gasteiger partial charge on any atom is 0.0408 e. The molecule has 1 nitrogen and oxygen atoms in total. The summed E-state index contributed by atoms with van der Waals surface area (Å²) in [6.07, 6.45) is 0. The molecule has 0 fully saturated rings. The van der Waals surface area contributed by atoms with Gasteiger partial charge in [0, 0.05) is 23.8 Å². The van der Waals surface area contributed by atoms with Crippen molar-refractivity contribution in [3.05, 3.63) is 41.6 Å². The zero-order valence-electron chi connectivity index (χ0n) is 13.9. The average molecular weight is 259 g/mol. The van der Waals surface area contributed by atoms with Crippen LogP contribution in [-0.4, -0.2) is 7.05 Å². The minimum Gasteiger partial charge on any atom is -0.348 e. The largest absolute Gasteiger partial charge is 0.348 e. The van der Waals surface area contributed by atoms with Gasteiger partial charge in [0.1, 0.15) is 0 Å². The molecule has 1 rings (SSSR count). The van der Waals surface area contributed by atoms with E-state index in [2.05, 4.69) is 85.2 Å². The third kappa shape index (κ3) is 3.62. The molecule has 106 valence electrons. The highest BCUT2D eigenvalue weighted by Crippen LogP contribution is 2.33. The number of aryl methyl sites for hydroxylation is 1. The fourth-order valence-electron chi connectivity index (χ4n) is 2.36. The fraction of sp³-hybridized carbons (Fsp3) is 0.556. The molecule has 0 aliphatic rings. The first-order valence-corrected chi connectivity index (χ1v) is 6.99. The van der Waals surface area contributed by atoms with Crippen molar-refractivity contribution in [2.45, 2.75) is 53.9 Å². The molecular formula is C18H29N. The van der Waals surface area contributed by atoms with Gasteiger partial charge in [0.05, 0.1) is 0 Å². The van der Waals surface area contributed by atoms with Gasteiger partial charge in [0.2, 0.25) is 0 Å². The monoisotopic (exact) mass is 259 g/mol. The van der Waals surface area contributed by atoms with Crippen LogP contribution in [-0.2, 0) is 5.41 Å². The second kappa shape index (κ2) is 5.03. The van der Waals surface area contributed by atoms with Crippen LogP contribution in [0.25, 0.3) is 0 Å². The second-order valence-corrected chi connectivity index (χ2v) is 7.50. The second-order valence-electron chi connectivity index (χ2n) is 7.50. The molecule has 19 heavy (non-hydrogen) atoms. The van der Waals surface area contributed by atoms with E-state index >= 15 is 0 Å². The third-order valence-electron chi connectivity index (χ3n) is 3.68. The minimum absolute atomic E-state index is 0.0886. The molecule has 0 radical (unpaired) electrons. The van der Waals surface area contributed by atoms with Gasteiger partial charge in [-0.05, 0) is 35.6 Å². The molecule has 1 heteroatoms. The predicted molar refractivity (Wildman–Crippen MR) is 86.9 cm³/mol. The highest BCUT2D eigenvalue weighted by molar-refractivity contribution is 5.55. The SMILES string of the molecule is C=C(N(C)c1ccc(C(C)(C)C)c(C)c1)C(C)(C)C. The molecule has 1 aromatic carbocycles. The van der Waals surface area contributed by atoms with Crippen molar-refractivity contribution in [1.29, 1.82) is 0 Å². The van der Waals surface area contributed by atoms with E-state index < -0.39 is 0 Å². The molecule has 0 aliphatic heterocycles. The van der Waals surface area contributed by atoms with Crippen molar-refractivity contribution >= 4 is 5.69 Å². The molecule has 0 aromatic heterocycles. The van der Waals surface area contributed by atoms with E-state index in [4.69, 9.17) is 0 Å². The van der Waals surface area contributed by atoms with Crippen molar-refractivity contribution in [1.82, 2.24) is 0 Å². The number of rotatable bonds is 2. The number of hydrogen-bond donors (Lipinski definition) is 0. The normalized spacial score (nSPS) is 12.4. The summed E-state index contributed by atoms with van der Waals surface area (Å²) in [5.74, 6) is 0. The summed E-state index contributed by atoms with van der Waals surface area (Å²) in [7, 11) is 2.10. The number of nitrogens with zero attached hydrogens (tertiary/aromatic N) is 1. The lowest BCUT2D eigenvalue weighted by molar-refractivity contribution is 0.492. The van der Waals surface area contributed by atoms with E-state index in [0.717, 1.165) is 5.70 Å². The zero-order valence-corrected chi connectivity index (χ0v) is 13.9. The number of hydrogen-bond acceptors (Lipinski definition) is 1. The molecule has 0 bridgehead atoms. The van der Waals surface area contributed by atoms with Crippen molar-refractivity contribution < 1.29 is 0 Å². The molecule has 0 amide bonds. The number of allylic oxidation sites excluding steroid dienone is 1. The highest BCUT2D eigenvalue weighted by atomic mass is 15.1. The molecule has 0 heterocycles. The summed E-state index contributed by atoms with van der Waals surface area (Å²) in [4.78, 5) is 2.19. The van der Waals surface area contributed by atoms with Crippen molar-refractivity contribution in [3.63, 3.8) is 0 Å². The Balaban J connectivity index is 3.12. The van der Waals surface area contributed by atoms with Crippen LogP contribution in [0.1, 0.15) is 52.7 Å². The van der Waals surface area contributed by atoms with Gasteiger partial charge in [-0.25, -0.2) is 0 Å². The maximum absolute atomic E-state index is 4.23. The summed E-state index contributed by atoms with van der Waals surface area (Å²) in [6.45, 7) is 19.8. The van der Waals surface area contributed by atoms with Crippen molar-refractivity contribution in [2.24, 2.45) is 5.41 Å². The Hall–Kier alpha value is -1.24. The third-order valence-corrected chi connectivity index (χ3v) is 3.68. The summed E-state index contributed by atoms with van der Waals surface area (Å²) in [5.41, 5.74) is 5.39. The van der Waals surface area contributed by atoms with Crippen LogP contribution in [0, 0.1) is 12.3 Å². The molecule has 0 atom stereocenters. The van der Waals surface area contributed by atoms with Crippen LogP contribution in [0.5, 0.6) is 0 Å². The Morgan fingerprint density at radius 3 is 1.95 bits per heavy atom. The van der Waals surface area contributed by atoms with Crippen LogP contribution in [0.4, 0.5) is 5.69 Å². The van der Waals surface area contributed by atoms with Gasteiger partial charge >= 0.3 is 0 Å². The Morgan fingerprint density at radius 1 is 1.05 bits per heavy atom. The van der Waals surface area contributed by atoms with E-state index in [1.165, 1.54) is 16.8 Å². The molecule has 0 aliphatic carbocycles. The first-order valence-electron chi connectivity index (χ1n) is 6.99. The van der Waals surface area contributed by atoms with E-state index in [-0.39, 0.29) is 10.8 Å². The first-order chi connectivity index (χ1) is 8.44. The van der Waals surface area contributed by atoms with E-state index in [1.807, 2.05) is 0 Å². The predicted octanol–water partition coefficient (Wildman–Crippen LogP) is 5.29. The zero-order chi connectivity index (χ0) is 15.0. The van der Waals surface area contributed by atoms with Gasteiger partial charge in [-0.3, -0.25) is 0 Å². The van der Waals surface area contributed by atoms with Crippen LogP contribution >= 0.6 is 0 Å². The molecular weight excluding hydrogens is 230 g/mol. The summed E-state index contributed by atoms with van der Waals surface area (Å²) in [6, 6.07) is 6.71. The summed E-state index contributed by atoms with van der Waals surface area (Å²) >= 11 is 0. The summed E-state index contributed by atoms with van der Waals surface area (Å²) < 4.78 is 0. The Morgan fingerprint density at radius 2 is 1.58 bits per heavy atom. The van der Waals surface area contributed by atoms with Gasteiger partial charge in [0.25, 0.3) is 0 Å². The van der Waals surface area contributed by atoms with Crippen LogP contribution in [0.3, 0.4) is 0 Å². The average Bonchev–Trinajstić information content (AvgIpc) is 2.23. The minimum atomic E-state index is 0.0886. The maximum atomic E-state index is 4.23. The first kappa shape index (κ1) is 15.8. The van der Waals surface area contributed by atoms with Crippen molar-refractivity contribution in [2.75, 3.05) is 11.9 Å². The van der Waals surface area contributed by atoms with Gasteiger partial charge < -0.3 is 4.90 Å². The Kier molecular flexibility index (Phi) is 4.19. The Bertz CT molecular complexity index is 469. The van der Waals surface area contributed by atoms with Gasteiger partial charge in [-0.2, -0.15) is 0 Å². The summed E-state index contributed by atoms with van der Waals surface area (Å²) in [5, 5.41) is 0. The number of anilines is 1. The van der Waals surface area contributed by atoms with Crippen molar-refractivity contribution in [3.8, 4) is 0 Å². The Labute approximate surface area is 119 Å². The van der Waals surface area contributed by atoms with Crippen LogP contribution < -0.4 is 4.90 Å². The number of benzene rings is 1. The lowest BCUT2D eigenvalue weighted by Gasteiger charge is -2.32. The standard InChI is InChI=1S/C18H29N/c1-13-12-15(10-11-16(13)18(6,7)8)19(9)14(2)17(3,4)5/h10-12H,2H2,1,3-9H3. The lowest BCUT2D eigenvalue weighted by Crippen LogP contribution is -2.26. The molecule has 0 N–H and O–H groups in total. The molecule has 1 aromatic rings. The highest BCUT2D eigenvalue weighted by Gasteiger charge is 2.21. The van der Waals surface area contributed by atoms with E-state index in [9.17, 15) is 0 Å². The smallest absolute Gasteiger partial charge is 0.0408 e. The molecule has 0 saturated carbocycles.